The number of aliphatic hydroxyl groups is 1. The monoisotopic (exact) mass is 229 g/mol. The molecule has 0 saturated heterocycles. The molecular formula is C12H23NO3. The maximum absolute atomic E-state index is 11.1. The summed E-state index contributed by atoms with van der Waals surface area (Å²) in [5.74, 6) is -0.770. The highest BCUT2D eigenvalue weighted by Gasteiger charge is 2.33. The smallest absolute Gasteiger partial charge is 0.310 e. The molecule has 1 aliphatic carbocycles. The normalized spacial score (nSPS) is 18.2. The molecule has 0 aromatic heterocycles. The fraction of sp³-hybridized carbons (Fsp3) is 0.917. The Morgan fingerprint density at radius 2 is 1.94 bits per heavy atom. The van der Waals surface area contributed by atoms with Gasteiger partial charge in [0.15, 0.2) is 0 Å². The molecule has 0 amide bonds. The van der Waals surface area contributed by atoms with Gasteiger partial charge in [0.1, 0.15) is 0 Å². The first-order valence-electron chi connectivity index (χ1n) is 6.05. The second-order valence-corrected chi connectivity index (χ2v) is 5.32. The van der Waals surface area contributed by atoms with Crippen LogP contribution in [-0.2, 0) is 4.79 Å². The zero-order chi connectivity index (χ0) is 12.2. The van der Waals surface area contributed by atoms with Gasteiger partial charge < -0.3 is 10.2 Å². The van der Waals surface area contributed by atoms with E-state index in [0.717, 1.165) is 12.8 Å². The standard InChI is InChI=1S/C12H23NO3/c1-12(2,11(15)16)9-13(7-8-14)10-5-3-4-6-10/h10,14H,3-9H2,1-2H3,(H,15,16). The molecule has 0 aromatic rings. The van der Waals surface area contributed by atoms with Crippen LogP contribution in [0.25, 0.3) is 0 Å². The molecule has 16 heavy (non-hydrogen) atoms. The van der Waals surface area contributed by atoms with E-state index in [4.69, 9.17) is 10.2 Å². The molecule has 0 radical (unpaired) electrons. The Morgan fingerprint density at radius 1 is 1.38 bits per heavy atom. The summed E-state index contributed by atoms with van der Waals surface area (Å²) in [7, 11) is 0. The second-order valence-electron chi connectivity index (χ2n) is 5.32. The van der Waals surface area contributed by atoms with Crippen molar-refractivity contribution in [3.05, 3.63) is 0 Å². The van der Waals surface area contributed by atoms with E-state index in [9.17, 15) is 4.79 Å². The number of aliphatic hydroxyl groups excluding tert-OH is 1. The van der Waals surface area contributed by atoms with Gasteiger partial charge in [-0.1, -0.05) is 12.8 Å². The van der Waals surface area contributed by atoms with Gasteiger partial charge in [-0.25, -0.2) is 0 Å². The van der Waals surface area contributed by atoms with E-state index in [1.807, 2.05) is 0 Å². The zero-order valence-electron chi connectivity index (χ0n) is 10.3. The highest BCUT2D eigenvalue weighted by Crippen LogP contribution is 2.27. The lowest BCUT2D eigenvalue weighted by Crippen LogP contribution is -2.44. The van der Waals surface area contributed by atoms with Gasteiger partial charge in [-0.15, -0.1) is 0 Å². The number of hydrogen-bond acceptors (Lipinski definition) is 3. The van der Waals surface area contributed by atoms with E-state index in [1.165, 1.54) is 12.8 Å². The summed E-state index contributed by atoms with van der Waals surface area (Å²) in [6.45, 7) is 4.70. The van der Waals surface area contributed by atoms with Crippen molar-refractivity contribution in [2.45, 2.75) is 45.6 Å². The second kappa shape index (κ2) is 5.64. The van der Waals surface area contributed by atoms with Crippen LogP contribution in [0.4, 0.5) is 0 Å². The molecular weight excluding hydrogens is 206 g/mol. The number of carboxylic acid groups (broad SMARTS) is 1. The Labute approximate surface area is 97.3 Å². The van der Waals surface area contributed by atoms with E-state index < -0.39 is 11.4 Å². The molecule has 0 bridgehead atoms. The average Bonchev–Trinajstić information content (AvgIpc) is 2.69. The van der Waals surface area contributed by atoms with Gasteiger partial charge in [0.2, 0.25) is 0 Å². The average molecular weight is 229 g/mol. The molecule has 4 heteroatoms. The minimum Gasteiger partial charge on any atom is -0.481 e. The van der Waals surface area contributed by atoms with Gasteiger partial charge in [0.05, 0.1) is 12.0 Å². The van der Waals surface area contributed by atoms with Gasteiger partial charge in [-0.05, 0) is 26.7 Å². The van der Waals surface area contributed by atoms with E-state index in [1.54, 1.807) is 13.8 Å². The summed E-state index contributed by atoms with van der Waals surface area (Å²) in [6.07, 6.45) is 4.71. The Bertz CT molecular complexity index is 234. The molecule has 0 aromatic carbocycles. The first-order valence-corrected chi connectivity index (χ1v) is 6.05. The summed E-state index contributed by atoms with van der Waals surface area (Å²) in [6, 6.07) is 0.464. The number of aliphatic carboxylic acids is 1. The predicted molar refractivity (Wildman–Crippen MR) is 62.3 cm³/mol. The highest BCUT2D eigenvalue weighted by molar-refractivity contribution is 5.73. The van der Waals surface area contributed by atoms with E-state index in [2.05, 4.69) is 4.90 Å². The highest BCUT2D eigenvalue weighted by atomic mass is 16.4. The number of rotatable bonds is 6. The molecule has 1 saturated carbocycles. The lowest BCUT2D eigenvalue weighted by molar-refractivity contribution is -0.148. The van der Waals surface area contributed by atoms with Crippen molar-refractivity contribution in [1.29, 1.82) is 0 Å². The van der Waals surface area contributed by atoms with Crippen molar-refractivity contribution in [2.75, 3.05) is 19.7 Å². The summed E-state index contributed by atoms with van der Waals surface area (Å²) in [5.41, 5.74) is -0.738. The fourth-order valence-corrected chi connectivity index (χ4v) is 2.36. The van der Waals surface area contributed by atoms with Gasteiger partial charge in [0.25, 0.3) is 0 Å². The first-order chi connectivity index (χ1) is 7.47. The Morgan fingerprint density at radius 3 is 2.38 bits per heavy atom. The van der Waals surface area contributed by atoms with Crippen LogP contribution in [0.2, 0.25) is 0 Å². The molecule has 4 nitrogen and oxygen atoms in total. The van der Waals surface area contributed by atoms with Crippen molar-refractivity contribution in [1.82, 2.24) is 4.90 Å². The van der Waals surface area contributed by atoms with E-state index >= 15 is 0 Å². The predicted octanol–water partition coefficient (Wildman–Crippen LogP) is 1.33. The van der Waals surface area contributed by atoms with Crippen molar-refractivity contribution in [3.63, 3.8) is 0 Å². The molecule has 0 unspecified atom stereocenters. The van der Waals surface area contributed by atoms with Gasteiger partial charge in [0, 0.05) is 19.1 Å². The number of hydrogen-bond donors (Lipinski definition) is 2. The van der Waals surface area contributed by atoms with Crippen LogP contribution >= 0.6 is 0 Å². The quantitative estimate of drug-likeness (QED) is 0.721. The SMILES string of the molecule is CC(C)(CN(CCO)C1CCCC1)C(=O)O. The van der Waals surface area contributed by atoms with Crippen LogP contribution in [0, 0.1) is 5.41 Å². The summed E-state index contributed by atoms with van der Waals surface area (Å²) >= 11 is 0. The van der Waals surface area contributed by atoms with Crippen LogP contribution in [0.5, 0.6) is 0 Å². The maximum atomic E-state index is 11.1. The van der Waals surface area contributed by atoms with Gasteiger partial charge in [-0.3, -0.25) is 9.69 Å². The fourth-order valence-electron chi connectivity index (χ4n) is 2.36. The molecule has 0 aliphatic heterocycles. The lowest BCUT2D eigenvalue weighted by atomic mass is 9.92. The van der Waals surface area contributed by atoms with Crippen molar-refractivity contribution >= 4 is 5.97 Å². The molecule has 94 valence electrons. The van der Waals surface area contributed by atoms with Crippen LogP contribution in [0.3, 0.4) is 0 Å². The maximum Gasteiger partial charge on any atom is 0.310 e. The number of carboxylic acids is 1. The van der Waals surface area contributed by atoms with Crippen LogP contribution < -0.4 is 0 Å². The largest absolute Gasteiger partial charge is 0.481 e. The zero-order valence-corrected chi connectivity index (χ0v) is 10.3. The Balaban J connectivity index is 2.59. The molecule has 0 atom stereocenters. The van der Waals surface area contributed by atoms with Gasteiger partial charge in [-0.2, -0.15) is 0 Å². The summed E-state index contributed by atoms with van der Waals surface area (Å²) in [5, 5.41) is 18.2. The third-order valence-electron chi connectivity index (χ3n) is 3.41. The van der Waals surface area contributed by atoms with Crippen LogP contribution in [-0.4, -0.2) is 46.8 Å². The third kappa shape index (κ3) is 3.46. The summed E-state index contributed by atoms with van der Waals surface area (Å²) < 4.78 is 0. The van der Waals surface area contributed by atoms with Crippen molar-refractivity contribution < 1.29 is 15.0 Å². The van der Waals surface area contributed by atoms with Gasteiger partial charge >= 0.3 is 5.97 Å². The van der Waals surface area contributed by atoms with Crippen molar-refractivity contribution in [2.24, 2.45) is 5.41 Å². The molecule has 1 aliphatic rings. The van der Waals surface area contributed by atoms with E-state index in [-0.39, 0.29) is 6.61 Å². The number of carbonyl (C=O) groups is 1. The Hall–Kier alpha value is -0.610. The van der Waals surface area contributed by atoms with Crippen LogP contribution in [0.15, 0.2) is 0 Å². The minimum absolute atomic E-state index is 0.103. The molecule has 1 fully saturated rings. The summed E-state index contributed by atoms with van der Waals surface area (Å²) in [4.78, 5) is 13.2. The number of nitrogens with zero attached hydrogens (tertiary/aromatic N) is 1. The third-order valence-corrected chi connectivity index (χ3v) is 3.41. The molecule has 0 spiro atoms. The topological polar surface area (TPSA) is 60.8 Å². The molecule has 0 heterocycles. The Kier molecular flexibility index (Phi) is 4.74. The van der Waals surface area contributed by atoms with Crippen LogP contribution in [0.1, 0.15) is 39.5 Å². The molecule has 1 rings (SSSR count). The first kappa shape index (κ1) is 13.5. The van der Waals surface area contributed by atoms with E-state index in [0.29, 0.717) is 19.1 Å². The lowest BCUT2D eigenvalue weighted by Gasteiger charge is -2.33. The van der Waals surface area contributed by atoms with Crippen molar-refractivity contribution in [3.8, 4) is 0 Å². The molecule has 2 N–H and O–H groups in total. The minimum atomic E-state index is -0.770.